The normalized spacial score (nSPS) is 15.7. The van der Waals surface area contributed by atoms with Gasteiger partial charge in [0.05, 0.1) is 16.3 Å². The van der Waals surface area contributed by atoms with E-state index in [9.17, 15) is 4.79 Å². The third-order valence-electron chi connectivity index (χ3n) is 3.12. The zero-order chi connectivity index (χ0) is 13.1. The first-order valence-corrected chi connectivity index (χ1v) is 6.25. The zero-order valence-electron chi connectivity index (χ0n) is 10.2. The molecule has 1 N–H and O–H groups in total. The van der Waals surface area contributed by atoms with Crippen molar-refractivity contribution in [3.8, 4) is 0 Å². The Morgan fingerprint density at radius 3 is 2.61 bits per heavy atom. The van der Waals surface area contributed by atoms with Crippen LogP contribution in [-0.4, -0.2) is 34.8 Å². The van der Waals surface area contributed by atoms with Crippen LogP contribution in [0.15, 0.2) is 23.4 Å². The second kappa shape index (κ2) is 5.40. The van der Waals surface area contributed by atoms with E-state index < -0.39 is 0 Å². The summed E-state index contributed by atoms with van der Waals surface area (Å²) in [7, 11) is 0. The monoisotopic (exact) mass is 266 g/mol. The first-order chi connectivity index (χ1) is 8.61. The van der Waals surface area contributed by atoms with Crippen LogP contribution in [0.1, 0.15) is 28.8 Å². The fourth-order valence-electron chi connectivity index (χ4n) is 2.03. The van der Waals surface area contributed by atoms with Crippen molar-refractivity contribution in [2.24, 2.45) is 5.16 Å². The quantitative estimate of drug-likeness (QED) is 0.628. The van der Waals surface area contributed by atoms with E-state index in [0.717, 1.165) is 11.3 Å². The second-order valence-electron chi connectivity index (χ2n) is 4.44. The van der Waals surface area contributed by atoms with Gasteiger partial charge in [-0.3, -0.25) is 4.79 Å². The van der Waals surface area contributed by atoms with E-state index in [1.807, 2.05) is 13.0 Å². The Hall–Kier alpha value is -1.55. The molecule has 1 heterocycles. The van der Waals surface area contributed by atoms with E-state index in [1.165, 1.54) is 0 Å². The predicted molar refractivity (Wildman–Crippen MR) is 70.5 cm³/mol. The first kappa shape index (κ1) is 12.9. The van der Waals surface area contributed by atoms with Crippen LogP contribution in [0, 0.1) is 6.92 Å². The zero-order valence-corrected chi connectivity index (χ0v) is 10.9. The van der Waals surface area contributed by atoms with Gasteiger partial charge in [-0.05, 0) is 24.6 Å². The highest BCUT2D eigenvalue weighted by atomic mass is 35.5. The molecule has 1 aromatic carbocycles. The highest BCUT2D eigenvalue weighted by molar-refractivity contribution is 6.33. The standard InChI is InChI=1S/C13H15ClN2O2/c1-9-2-3-11(12(14)8-9)13(17)16-6-4-10(15-18)5-7-16/h2-3,8,18H,4-7H2,1H3. The van der Waals surface area contributed by atoms with Gasteiger partial charge in [-0.15, -0.1) is 0 Å². The highest BCUT2D eigenvalue weighted by Gasteiger charge is 2.22. The minimum Gasteiger partial charge on any atom is -0.411 e. The molecule has 1 aliphatic heterocycles. The third-order valence-corrected chi connectivity index (χ3v) is 3.44. The fourth-order valence-corrected chi connectivity index (χ4v) is 2.35. The number of hydrogen-bond donors (Lipinski definition) is 1. The Labute approximate surface area is 111 Å². The maximum absolute atomic E-state index is 12.3. The summed E-state index contributed by atoms with van der Waals surface area (Å²) in [5, 5.41) is 12.4. The summed E-state index contributed by atoms with van der Waals surface area (Å²) in [5.41, 5.74) is 2.31. The number of nitrogens with zero attached hydrogens (tertiary/aromatic N) is 2. The van der Waals surface area contributed by atoms with Gasteiger partial charge in [0.25, 0.3) is 5.91 Å². The van der Waals surface area contributed by atoms with Crippen molar-refractivity contribution in [2.45, 2.75) is 19.8 Å². The lowest BCUT2D eigenvalue weighted by Gasteiger charge is -2.27. The van der Waals surface area contributed by atoms with E-state index in [1.54, 1.807) is 17.0 Å². The van der Waals surface area contributed by atoms with Gasteiger partial charge in [0.15, 0.2) is 0 Å². The van der Waals surface area contributed by atoms with Crippen molar-refractivity contribution in [1.29, 1.82) is 0 Å². The predicted octanol–water partition coefficient (Wildman–Crippen LogP) is 2.71. The van der Waals surface area contributed by atoms with Crippen molar-refractivity contribution in [1.82, 2.24) is 4.90 Å². The maximum atomic E-state index is 12.3. The van der Waals surface area contributed by atoms with Crippen LogP contribution in [0.5, 0.6) is 0 Å². The molecule has 5 heteroatoms. The topological polar surface area (TPSA) is 52.9 Å². The van der Waals surface area contributed by atoms with Gasteiger partial charge in [0.1, 0.15) is 0 Å². The molecule has 0 bridgehead atoms. The second-order valence-corrected chi connectivity index (χ2v) is 4.85. The molecular formula is C13H15ClN2O2. The van der Waals surface area contributed by atoms with Crippen LogP contribution in [0.25, 0.3) is 0 Å². The average molecular weight is 267 g/mol. The fraction of sp³-hybridized carbons (Fsp3) is 0.385. The number of amides is 1. The van der Waals surface area contributed by atoms with Gasteiger partial charge in [0.2, 0.25) is 0 Å². The molecule has 0 radical (unpaired) electrons. The summed E-state index contributed by atoms with van der Waals surface area (Å²) >= 11 is 6.09. The lowest BCUT2D eigenvalue weighted by molar-refractivity contribution is 0.0754. The van der Waals surface area contributed by atoms with Gasteiger partial charge in [-0.1, -0.05) is 22.8 Å². The van der Waals surface area contributed by atoms with Crippen LogP contribution in [0.2, 0.25) is 5.02 Å². The molecule has 96 valence electrons. The molecule has 18 heavy (non-hydrogen) atoms. The molecular weight excluding hydrogens is 252 g/mol. The molecule has 1 fully saturated rings. The molecule has 1 amide bonds. The minimum atomic E-state index is -0.0583. The molecule has 1 aromatic rings. The number of aryl methyl sites for hydroxylation is 1. The van der Waals surface area contributed by atoms with Gasteiger partial charge >= 0.3 is 0 Å². The number of carbonyl (C=O) groups is 1. The summed E-state index contributed by atoms with van der Waals surface area (Å²) in [6.07, 6.45) is 1.23. The smallest absolute Gasteiger partial charge is 0.255 e. The van der Waals surface area contributed by atoms with Gasteiger partial charge in [-0.25, -0.2) is 0 Å². The molecule has 0 spiro atoms. The van der Waals surface area contributed by atoms with E-state index in [2.05, 4.69) is 5.16 Å². The first-order valence-electron chi connectivity index (χ1n) is 5.87. The van der Waals surface area contributed by atoms with E-state index >= 15 is 0 Å². The molecule has 2 rings (SSSR count). The van der Waals surface area contributed by atoms with Gasteiger partial charge in [-0.2, -0.15) is 0 Å². The average Bonchev–Trinajstić information content (AvgIpc) is 2.38. The summed E-state index contributed by atoms with van der Waals surface area (Å²) in [6.45, 7) is 3.08. The molecule has 0 saturated carbocycles. The molecule has 0 unspecified atom stereocenters. The summed E-state index contributed by atoms with van der Waals surface area (Å²) in [4.78, 5) is 14.0. The number of carbonyl (C=O) groups excluding carboxylic acids is 1. The third kappa shape index (κ3) is 2.64. The van der Waals surface area contributed by atoms with Crippen LogP contribution in [-0.2, 0) is 0 Å². The Bertz CT molecular complexity index is 490. The summed E-state index contributed by atoms with van der Waals surface area (Å²) in [5.74, 6) is -0.0583. The maximum Gasteiger partial charge on any atom is 0.255 e. The van der Waals surface area contributed by atoms with Crippen molar-refractivity contribution < 1.29 is 10.0 Å². The van der Waals surface area contributed by atoms with Crippen LogP contribution < -0.4 is 0 Å². The van der Waals surface area contributed by atoms with Crippen LogP contribution in [0.3, 0.4) is 0 Å². The molecule has 1 aliphatic rings. The van der Waals surface area contributed by atoms with Crippen molar-refractivity contribution in [3.05, 3.63) is 34.3 Å². The number of oxime groups is 1. The Kier molecular flexibility index (Phi) is 3.87. The highest BCUT2D eigenvalue weighted by Crippen LogP contribution is 2.21. The van der Waals surface area contributed by atoms with E-state index in [0.29, 0.717) is 36.5 Å². The Balaban J connectivity index is 2.12. The van der Waals surface area contributed by atoms with Crippen molar-refractivity contribution in [2.75, 3.05) is 13.1 Å². The summed E-state index contributed by atoms with van der Waals surface area (Å²) in [6, 6.07) is 5.43. The van der Waals surface area contributed by atoms with E-state index in [4.69, 9.17) is 16.8 Å². The SMILES string of the molecule is Cc1ccc(C(=O)N2CCC(=NO)CC2)c(Cl)c1. The van der Waals surface area contributed by atoms with Crippen molar-refractivity contribution >= 4 is 23.2 Å². The summed E-state index contributed by atoms with van der Waals surface area (Å²) < 4.78 is 0. The van der Waals surface area contributed by atoms with Crippen molar-refractivity contribution in [3.63, 3.8) is 0 Å². The Morgan fingerprint density at radius 2 is 2.06 bits per heavy atom. The lowest BCUT2D eigenvalue weighted by Crippen LogP contribution is -2.38. The Morgan fingerprint density at radius 1 is 1.39 bits per heavy atom. The lowest BCUT2D eigenvalue weighted by atomic mass is 10.1. The molecule has 0 aromatic heterocycles. The van der Waals surface area contributed by atoms with E-state index in [-0.39, 0.29) is 5.91 Å². The van der Waals surface area contributed by atoms with Crippen LogP contribution in [0.4, 0.5) is 0 Å². The largest absolute Gasteiger partial charge is 0.411 e. The number of halogens is 1. The molecule has 0 aliphatic carbocycles. The number of hydrogen-bond acceptors (Lipinski definition) is 3. The molecule has 4 nitrogen and oxygen atoms in total. The minimum absolute atomic E-state index is 0.0583. The number of benzene rings is 1. The molecule has 1 saturated heterocycles. The number of piperidine rings is 1. The van der Waals surface area contributed by atoms with Crippen LogP contribution >= 0.6 is 11.6 Å². The number of likely N-dealkylation sites (tertiary alicyclic amines) is 1. The van der Waals surface area contributed by atoms with Gasteiger partial charge < -0.3 is 10.1 Å². The number of rotatable bonds is 1. The van der Waals surface area contributed by atoms with Gasteiger partial charge in [0, 0.05) is 25.9 Å². The molecule has 0 atom stereocenters.